The minimum atomic E-state index is -1.36. The summed E-state index contributed by atoms with van der Waals surface area (Å²) in [6.45, 7) is -0.0428. The van der Waals surface area contributed by atoms with Gasteiger partial charge < -0.3 is 19.9 Å². The van der Waals surface area contributed by atoms with Crippen molar-refractivity contribution in [2.24, 2.45) is 0 Å². The van der Waals surface area contributed by atoms with Crippen molar-refractivity contribution < 1.29 is 39.2 Å². The Bertz CT molecular complexity index is 2270. The zero-order chi connectivity index (χ0) is 38.2. The maximum Gasteiger partial charge on any atom is 0.338 e. The van der Waals surface area contributed by atoms with E-state index >= 15 is 0 Å². The third-order valence-corrected chi connectivity index (χ3v) is 9.29. The highest BCUT2D eigenvalue weighted by molar-refractivity contribution is 6.39. The first-order valence-electron chi connectivity index (χ1n) is 16.0. The molecule has 6 rings (SSSR count). The molecule has 0 aromatic heterocycles. The van der Waals surface area contributed by atoms with E-state index in [9.17, 15) is 14.7 Å². The summed E-state index contributed by atoms with van der Waals surface area (Å²) < 4.78 is 12.0. The van der Waals surface area contributed by atoms with Crippen LogP contribution in [0.5, 0.6) is 23.0 Å². The molecule has 0 aliphatic carbocycles. The van der Waals surface area contributed by atoms with E-state index in [1.807, 2.05) is 48.5 Å². The highest BCUT2D eigenvalue weighted by Gasteiger charge is 2.23. The molecule has 54 heavy (non-hydrogen) atoms. The number of nitrogens with one attached hydrogen (secondary N) is 2. The van der Waals surface area contributed by atoms with Crippen molar-refractivity contribution in [3.8, 4) is 34.1 Å². The lowest BCUT2D eigenvalue weighted by molar-refractivity contribution is -0.253. The van der Waals surface area contributed by atoms with E-state index in [-0.39, 0.29) is 34.4 Å². The number of halogens is 4. The van der Waals surface area contributed by atoms with Crippen molar-refractivity contribution in [1.29, 1.82) is 0 Å². The van der Waals surface area contributed by atoms with Gasteiger partial charge in [-0.1, -0.05) is 70.7 Å². The second-order valence-corrected chi connectivity index (χ2v) is 13.1. The van der Waals surface area contributed by atoms with Gasteiger partial charge >= 0.3 is 5.97 Å². The maximum atomic E-state index is 12.9. The van der Waals surface area contributed by atoms with E-state index in [4.69, 9.17) is 66.0 Å². The lowest BCUT2D eigenvalue weighted by Crippen LogP contribution is -2.17. The predicted octanol–water partition coefficient (Wildman–Crippen LogP) is 12.0. The minimum absolute atomic E-state index is 0.0321. The average molecular weight is 806 g/mol. The monoisotopic (exact) mass is 804 g/mol. The molecule has 4 N–H and O–H groups in total. The van der Waals surface area contributed by atoms with Crippen LogP contribution in [0.1, 0.15) is 31.8 Å². The van der Waals surface area contributed by atoms with Gasteiger partial charge in [-0.25, -0.2) is 9.68 Å². The van der Waals surface area contributed by atoms with Gasteiger partial charge in [0.1, 0.15) is 36.2 Å². The number of amides is 1. The molecule has 0 heterocycles. The Labute approximate surface area is 329 Å². The van der Waals surface area contributed by atoms with Crippen molar-refractivity contribution >= 4 is 69.7 Å². The Hall–Kier alpha value is -5.30. The Kier molecular flexibility index (Phi) is 12.6. The smallest absolute Gasteiger partial charge is 0.338 e. The molecule has 6 aromatic rings. The molecule has 0 aliphatic heterocycles. The van der Waals surface area contributed by atoms with E-state index in [1.165, 1.54) is 12.1 Å². The Morgan fingerprint density at radius 2 is 0.926 bits per heavy atom. The van der Waals surface area contributed by atoms with Crippen LogP contribution < -0.4 is 20.3 Å². The topological polar surface area (TPSA) is 136 Å². The van der Waals surface area contributed by atoms with E-state index in [0.717, 1.165) is 11.1 Å². The molecule has 0 unspecified atom stereocenters. The molecule has 0 saturated heterocycles. The van der Waals surface area contributed by atoms with Crippen LogP contribution in [0.2, 0.25) is 20.1 Å². The molecule has 0 fully saturated rings. The molecular weight excluding hydrogens is 778 g/mol. The molecule has 274 valence electrons. The number of ether oxygens (including phenoxy) is 2. The summed E-state index contributed by atoms with van der Waals surface area (Å²) in [6, 6.07) is 35.0. The van der Waals surface area contributed by atoms with E-state index in [0.29, 0.717) is 55.5 Å². The molecule has 0 bridgehead atoms. The lowest BCUT2D eigenvalue weighted by atomic mass is 10.1. The number of carboxylic acid groups (broad SMARTS) is 1. The average Bonchev–Trinajstić information content (AvgIpc) is 3.17. The summed E-state index contributed by atoms with van der Waals surface area (Å²) in [7, 11) is 0. The van der Waals surface area contributed by atoms with Gasteiger partial charge in [-0.05, 0) is 108 Å². The quantitative estimate of drug-likeness (QED) is 0.0626. The summed E-state index contributed by atoms with van der Waals surface area (Å²) in [5.41, 5.74) is 6.42. The predicted molar refractivity (Wildman–Crippen MR) is 209 cm³/mol. The molecule has 1 amide bonds. The number of aromatic carboxylic acids is 1. The number of hydrogen-bond donors (Lipinski definition) is 4. The van der Waals surface area contributed by atoms with Crippen LogP contribution in [0.4, 0.5) is 11.4 Å². The van der Waals surface area contributed by atoms with E-state index < -0.39 is 11.9 Å². The Balaban J connectivity index is 0.997. The molecule has 0 radical (unpaired) electrons. The Morgan fingerprint density at radius 1 is 0.519 bits per heavy atom. The number of carboxylic acids is 1. The molecular formula is C40H28Cl4N2O8. The van der Waals surface area contributed by atoms with Gasteiger partial charge in [-0.2, -0.15) is 0 Å². The van der Waals surface area contributed by atoms with Crippen LogP contribution in [-0.2, 0) is 22.9 Å². The fourth-order valence-corrected chi connectivity index (χ4v) is 6.23. The van der Waals surface area contributed by atoms with Crippen LogP contribution in [0.3, 0.4) is 0 Å². The summed E-state index contributed by atoms with van der Waals surface area (Å²) in [6.07, 6.45) is 0. The van der Waals surface area contributed by atoms with Gasteiger partial charge in [-0.3, -0.25) is 20.4 Å². The fraction of sp³-hybridized carbons (Fsp3) is 0.0500. The summed E-state index contributed by atoms with van der Waals surface area (Å²) in [5.74, 6) is 0.341. The van der Waals surface area contributed by atoms with E-state index in [1.54, 1.807) is 60.7 Å². The standard InChI is InChI=1S/C40H28Cl4N2O8/c41-33-17-18-34(42)32(22-52-50)31(33)21-51-46-26-7-15-30(16-8-26)54-28-11-3-24(4-12-28)23-1-9-27(10-2-23)53-29-13-5-25(6-14-29)45-39(47)37-35(43)19-20-36(44)38(37)40(48)49/h1-20,46,50H,21-22H2,(H,45,47)(H,48,49). The molecule has 0 saturated carbocycles. The molecule has 14 heteroatoms. The maximum absolute atomic E-state index is 12.9. The van der Waals surface area contributed by atoms with Crippen LogP contribution in [0.25, 0.3) is 11.1 Å². The normalized spacial score (nSPS) is 10.8. The third-order valence-electron chi connectivity index (χ3n) is 7.96. The number of hydrogen-bond acceptors (Lipinski definition) is 8. The van der Waals surface area contributed by atoms with Crippen LogP contribution in [-0.4, -0.2) is 22.2 Å². The third kappa shape index (κ3) is 9.43. The number of benzene rings is 6. The van der Waals surface area contributed by atoms with Gasteiger partial charge in [0, 0.05) is 26.9 Å². The molecule has 0 atom stereocenters. The molecule has 0 aliphatic rings. The van der Waals surface area contributed by atoms with Crippen molar-refractivity contribution in [3.63, 3.8) is 0 Å². The summed E-state index contributed by atoms with van der Waals surface area (Å²) >= 11 is 24.6. The van der Waals surface area contributed by atoms with Crippen LogP contribution in [0, 0.1) is 0 Å². The zero-order valence-electron chi connectivity index (χ0n) is 27.8. The number of anilines is 2. The van der Waals surface area contributed by atoms with Crippen molar-refractivity contribution in [1.82, 2.24) is 0 Å². The first-order chi connectivity index (χ1) is 26.1. The van der Waals surface area contributed by atoms with Crippen molar-refractivity contribution in [2.45, 2.75) is 13.2 Å². The Morgan fingerprint density at radius 3 is 1.39 bits per heavy atom. The van der Waals surface area contributed by atoms with Crippen molar-refractivity contribution in [2.75, 3.05) is 10.8 Å². The van der Waals surface area contributed by atoms with E-state index in [2.05, 4.69) is 15.7 Å². The van der Waals surface area contributed by atoms with Gasteiger partial charge in [0.25, 0.3) is 5.91 Å². The van der Waals surface area contributed by atoms with Crippen LogP contribution >= 0.6 is 46.4 Å². The van der Waals surface area contributed by atoms with Gasteiger partial charge in [-0.15, -0.1) is 0 Å². The van der Waals surface area contributed by atoms with Gasteiger partial charge in [0.2, 0.25) is 0 Å². The van der Waals surface area contributed by atoms with Crippen LogP contribution in [0.15, 0.2) is 121 Å². The summed E-state index contributed by atoms with van der Waals surface area (Å²) in [5, 5.41) is 21.8. The first-order valence-corrected chi connectivity index (χ1v) is 17.5. The van der Waals surface area contributed by atoms with Gasteiger partial charge in [0.15, 0.2) is 0 Å². The summed E-state index contributed by atoms with van der Waals surface area (Å²) in [4.78, 5) is 34.4. The highest BCUT2D eigenvalue weighted by atomic mass is 35.5. The largest absolute Gasteiger partial charge is 0.478 e. The number of rotatable bonds is 14. The minimum Gasteiger partial charge on any atom is -0.478 e. The number of carbonyl (C=O) groups is 2. The van der Waals surface area contributed by atoms with Crippen molar-refractivity contribution in [3.05, 3.63) is 164 Å². The fourth-order valence-electron chi connectivity index (χ4n) is 5.28. The first kappa shape index (κ1) is 38.4. The molecule has 10 nitrogen and oxygen atoms in total. The second-order valence-electron chi connectivity index (χ2n) is 11.5. The molecule has 6 aromatic carbocycles. The second kappa shape index (κ2) is 17.7. The zero-order valence-corrected chi connectivity index (χ0v) is 30.8. The molecule has 0 spiro atoms. The lowest BCUT2D eigenvalue weighted by Gasteiger charge is -2.14. The number of carbonyl (C=O) groups excluding carboxylic acids is 1. The highest BCUT2D eigenvalue weighted by Crippen LogP contribution is 2.32. The van der Waals surface area contributed by atoms with Gasteiger partial charge in [0.05, 0.1) is 26.9 Å². The SMILES string of the molecule is O=C(O)c1c(Cl)ccc(Cl)c1C(=O)Nc1ccc(Oc2ccc(-c3ccc(Oc4ccc(NOCc5c(Cl)ccc(Cl)c5COO)cc4)cc3)cc2)cc1.